The van der Waals surface area contributed by atoms with Crippen molar-refractivity contribution in [2.24, 2.45) is 5.92 Å². The summed E-state index contributed by atoms with van der Waals surface area (Å²) in [6.07, 6.45) is 12.4. The lowest BCUT2D eigenvalue weighted by atomic mass is 9.94. The first-order chi connectivity index (χ1) is 14.7. The Morgan fingerprint density at radius 2 is 1.70 bits per heavy atom. The zero-order chi connectivity index (χ0) is 21.9. The highest BCUT2D eigenvalue weighted by atomic mass is 16.6. The third kappa shape index (κ3) is 13.1. The predicted molar refractivity (Wildman–Crippen MR) is 120 cm³/mol. The van der Waals surface area contributed by atoms with Crippen molar-refractivity contribution < 1.29 is 14.4 Å². The number of unbranched alkanes of at least 4 members (excludes halogenated alkanes) is 5. The van der Waals surface area contributed by atoms with Crippen molar-refractivity contribution in [2.45, 2.75) is 64.7 Å². The van der Waals surface area contributed by atoms with Gasteiger partial charge >= 0.3 is 6.03 Å². The van der Waals surface area contributed by atoms with Crippen molar-refractivity contribution in [1.82, 2.24) is 21.1 Å². The Labute approximate surface area is 180 Å². The van der Waals surface area contributed by atoms with Crippen LogP contribution in [0.4, 0.5) is 10.5 Å². The Kier molecular flexibility index (Phi) is 15.2. The fourth-order valence-corrected chi connectivity index (χ4v) is 3.09. The van der Waals surface area contributed by atoms with Gasteiger partial charge < -0.3 is 16.0 Å². The molecule has 0 aliphatic heterocycles. The Morgan fingerprint density at radius 3 is 2.37 bits per heavy atom. The Bertz CT molecular complexity index is 571. The number of carbonyl (C=O) groups is 2. The number of urea groups is 1. The van der Waals surface area contributed by atoms with Crippen LogP contribution in [0.2, 0.25) is 0 Å². The standard InChI is InChI=1S/C22H39N5O3/c1-3-4-5-7-10-19(21(28)27-30-18-17-23-2)11-8-6-9-14-25-22(29)26-20-12-15-24-16-13-20/h12-13,15-16,19,23H,3-11,14,17-18H2,1-2H3,(H,27,28)(H2,24,25,26,29). The van der Waals surface area contributed by atoms with E-state index in [-0.39, 0.29) is 17.9 Å². The maximum Gasteiger partial charge on any atom is 0.319 e. The molecule has 0 bridgehead atoms. The average molecular weight is 422 g/mol. The highest BCUT2D eigenvalue weighted by Gasteiger charge is 2.18. The van der Waals surface area contributed by atoms with Crippen LogP contribution in [0, 0.1) is 5.92 Å². The molecule has 0 aliphatic rings. The number of amides is 3. The third-order valence-corrected chi connectivity index (χ3v) is 4.86. The van der Waals surface area contributed by atoms with E-state index < -0.39 is 0 Å². The van der Waals surface area contributed by atoms with E-state index in [0.717, 1.165) is 50.6 Å². The molecule has 1 rings (SSSR count). The van der Waals surface area contributed by atoms with Crippen LogP contribution >= 0.6 is 0 Å². The van der Waals surface area contributed by atoms with Gasteiger partial charge in [0, 0.05) is 37.1 Å². The van der Waals surface area contributed by atoms with Gasteiger partial charge in [-0.1, -0.05) is 45.4 Å². The maximum absolute atomic E-state index is 12.4. The van der Waals surface area contributed by atoms with E-state index >= 15 is 0 Å². The van der Waals surface area contributed by atoms with Crippen LogP contribution < -0.4 is 21.4 Å². The second-order valence-electron chi connectivity index (χ2n) is 7.43. The number of hydrogen-bond donors (Lipinski definition) is 4. The Balaban J connectivity index is 2.21. The van der Waals surface area contributed by atoms with Gasteiger partial charge in [0.25, 0.3) is 0 Å². The predicted octanol–water partition coefficient (Wildman–Crippen LogP) is 3.62. The summed E-state index contributed by atoms with van der Waals surface area (Å²) in [5.74, 6) is -0.0307. The average Bonchev–Trinajstić information content (AvgIpc) is 2.75. The minimum atomic E-state index is -0.215. The topological polar surface area (TPSA) is 104 Å². The lowest BCUT2D eigenvalue weighted by Gasteiger charge is -2.16. The zero-order valence-electron chi connectivity index (χ0n) is 18.5. The fourth-order valence-electron chi connectivity index (χ4n) is 3.09. The summed E-state index contributed by atoms with van der Waals surface area (Å²) in [7, 11) is 1.85. The molecule has 30 heavy (non-hydrogen) atoms. The maximum atomic E-state index is 12.4. The molecule has 1 atom stereocenters. The van der Waals surface area contributed by atoms with Crippen molar-refractivity contribution in [3.8, 4) is 0 Å². The number of carbonyl (C=O) groups excluding carboxylic acids is 2. The number of likely N-dealkylation sites (N-methyl/N-ethyl adjacent to an activating group) is 1. The normalized spacial score (nSPS) is 11.7. The first-order valence-electron chi connectivity index (χ1n) is 11.2. The number of pyridine rings is 1. The van der Waals surface area contributed by atoms with Crippen molar-refractivity contribution in [3.63, 3.8) is 0 Å². The van der Waals surface area contributed by atoms with Gasteiger partial charge in [-0.2, -0.15) is 0 Å². The highest BCUT2D eigenvalue weighted by molar-refractivity contribution is 5.88. The smallest absolute Gasteiger partial charge is 0.319 e. The van der Waals surface area contributed by atoms with Gasteiger partial charge in [-0.05, 0) is 38.4 Å². The van der Waals surface area contributed by atoms with Crippen LogP contribution in [-0.2, 0) is 9.63 Å². The molecule has 4 N–H and O–H groups in total. The SMILES string of the molecule is CCCCCCC(CCCCCNC(=O)Nc1ccncc1)C(=O)NOCCNC. The van der Waals surface area contributed by atoms with E-state index in [9.17, 15) is 9.59 Å². The van der Waals surface area contributed by atoms with Crippen molar-refractivity contribution >= 4 is 17.6 Å². The lowest BCUT2D eigenvalue weighted by Crippen LogP contribution is -2.33. The summed E-state index contributed by atoms with van der Waals surface area (Å²) in [4.78, 5) is 33.4. The van der Waals surface area contributed by atoms with Gasteiger partial charge in [-0.15, -0.1) is 0 Å². The molecule has 170 valence electrons. The lowest BCUT2D eigenvalue weighted by molar-refractivity contribution is -0.138. The molecule has 0 aliphatic carbocycles. The van der Waals surface area contributed by atoms with Crippen LogP contribution in [-0.4, -0.2) is 43.7 Å². The molecule has 0 saturated heterocycles. The molecular formula is C22H39N5O3. The van der Waals surface area contributed by atoms with Crippen LogP contribution in [0.5, 0.6) is 0 Å². The molecule has 0 spiro atoms. The monoisotopic (exact) mass is 421 g/mol. The summed E-state index contributed by atoms with van der Waals surface area (Å²) in [6.45, 7) is 3.95. The number of anilines is 1. The number of nitrogens with one attached hydrogen (secondary N) is 4. The van der Waals surface area contributed by atoms with Gasteiger partial charge in [0.2, 0.25) is 5.91 Å². The van der Waals surface area contributed by atoms with E-state index in [4.69, 9.17) is 4.84 Å². The summed E-state index contributed by atoms with van der Waals surface area (Å²) in [6, 6.07) is 3.27. The van der Waals surface area contributed by atoms with E-state index in [2.05, 4.69) is 33.3 Å². The molecule has 8 heteroatoms. The summed E-state index contributed by atoms with van der Waals surface area (Å²) in [5.41, 5.74) is 3.32. The van der Waals surface area contributed by atoms with Gasteiger partial charge in [0.15, 0.2) is 0 Å². The largest absolute Gasteiger partial charge is 0.338 e. The number of rotatable bonds is 17. The van der Waals surface area contributed by atoms with Crippen molar-refractivity contribution in [2.75, 3.05) is 32.1 Å². The van der Waals surface area contributed by atoms with Crippen LogP contribution in [0.3, 0.4) is 0 Å². The Morgan fingerprint density at radius 1 is 1.00 bits per heavy atom. The molecule has 0 fully saturated rings. The van der Waals surface area contributed by atoms with Gasteiger partial charge in [-0.3, -0.25) is 14.6 Å². The van der Waals surface area contributed by atoms with E-state index in [1.165, 1.54) is 12.8 Å². The number of aromatic nitrogens is 1. The number of hydrogen-bond acceptors (Lipinski definition) is 5. The van der Waals surface area contributed by atoms with Crippen molar-refractivity contribution in [3.05, 3.63) is 24.5 Å². The second-order valence-corrected chi connectivity index (χ2v) is 7.43. The minimum absolute atomic E-state index is 0.0145. The molecular weight excluding hydrogens is 382 g/mol. The van der Waals surface area contributed by atoms with Crippen LogP contribution in [0.15, 0.2) is 24.5 Å². The second kappa shape index (κ2) is 17.7. The van der Waals surface area contributed by atoms with E-state index in [1.54, 1.807) is 24.5 Å². The molecule has 0 aromatic carbocycles. The molecule has 0 radical (unpaired) electrons. The fraction of sp³-hybridized carbons (Fsp3) is 0.682. The first-order valence-corrected chi connectivity index (χ1v) is 11.2. The van der Waals surface area contributed by atoms with Gasteiger partial charge in [0.1, 0.15) is 0 Å². The Hall–Kier alpha value is -2.19. The molecule has 1 aromatic rings. The van der Waals surface area contributed by atoms with Gasteiger partial charge in [0.05, 0.1) is 6.61 Å². The van der Waals surface area contributed by atoms with Crippen LogP contribution in [0.25, 0.3) is 0 Å². The summed E-state index contributed by atoms with van der Waals surface area (Å²) < 4.78 is 0. The number of hydroxylamine groups is 1. The summed E-state index contributed by atoms with van der Waals surface area (Å²) in [5, 5.41) is 8.60. The third-order valence-electron chi connectivity index (χ3n) is 4.86. The van der Waals surface area contributed by atoms with Crippen molar-refractivity contribution in [1.29, 1.82) is 0 Å². The molecule has 1 unspecified atom stereocenters. The first kappa shape index (κ1) is 25.8. The zero-order valence-corrected chi connectivity index (χ0v) is 18.5. The highest BCUT2D eigenvalue weighted by Crippen LogP contribution is 2.18. The summed E-state index contributed by atoms with van der Waals surface area (Å²) >= 11 is 0. The quantitative estimate of drug-likeness (QED) is 0.227. The molecule has 3 amide bonds. The molecule has 0 saturated carbocycles. The van der Waals surface area contributed by atoms with E-state index in [0.29, 0.717) is 19.7 Å². The molecule has 1 aromatic heterocycles. The minimum Gasteiger partial charge on any atom is -0.338 e. The number of nitrogens with zero attached hydrogens (tertiary/aromatic N) is 1. The molecule has 8 nitrogen and oxygen atoms in total. The van der Waals surface area contributed by atoms with Gasteiger partial charge in [-0.25, -0.2) is 10.3 Å². The molecule has 1 heterocycles. The van der Waals surface area contributed by atoms with E-state index in [1.807, 2.05) is 7.05 Å². The van der Waals surface area contributed by atoms with Crippen LogP contribution in [0.1, 0.15) is 64.7 Å².